The summed E-state index contributed by atoms with van der Waals surface area (Å²) in [6.45, 7) is 7.66. The summed E-state index contributed by atoms with van der Waals surface area (Å²) >= 11 is 0. The van der Waals surface area contributed by atoms with Crippen molar-refractivity contribution in [1.82, 2.24) is 9.97 Å². The molecule has 2 aromatic rings. The minimum absolute atomic E-state index is 0.0455. The SMILES string of the molecule is CC(CO)Nc1nc2ccccc2nc1N1CC(C)OC(C)C1. The number of hydrogen-bond donors (Lipinski definition) is 2. The third-order valence-corrected chi connectivity index (χ3v) is 3.93. The van der Waals surface area contributed by atoms with Gasteiger partial charge in [0.15, 0.2) is 11.6 Å². The molecule has 1 aromatic heterocycles. The van der Waals surface area contributed by atoms with E-state index in [0.29, 0.717) is 5.82 Å². The van der Waals surface area contributed by atoms with Crippen LogP contribution in [0.5, 0.6) is 0 Å². The van der Waals surface area contributed by atoms with Gasteiger partial charge in [0, 0.05) is 19.1 Å². The average Bonchev–Trinajstić information content (AvgIpc) is 2.53. The van der Waals surface area contributed by atoms with Crippen molar-refractivity contribution in [3.8, 4) is 0 Å². The molecule has 3 atom stereocenters. The van der Waals surface area contributed by atoms with Crippen LogP contribution in [0.2, 0.25) is 0 Å². The molecule has 0 bridgehead atoms. The number of nitrogens with one attached hydrogen (secondary N) is 1. The third kappa shape index (κ3) is 3.54. The van der Waals surface area contributed by atoms with E-state index in [-0.39, 0.29) is 24.9 Å². The summed E-state index contributed by atoms with van der Waals surface area (Å²) in [5.41, 5.74) is 1.72. The Labute approximate surface area is 136 Å². The van der Waals surface area contributed by atoms with E-state index >= 15 is 0 Å². The summed E-state index contributed by atoms with van der Waals surface area (Å²) in [6, 6.07) is 7.76. The maximum Gasteiger partial charge on any atom is 0.172 e. The lowest BCUT2D eigenvalue weighted by atomic mass is 10.2. The van der Waals surface area contributed by atoms with Crippen molar-refractivity contribution in [1.29, 1.82) is 0 Å². The number of aliphatic hydroxyl groups is 1. The zero-order valence-corrected chi connectivity index (χ0v) is 13.9. The molecule has 1 saturated heterocycles. The van der Waals surface area contributed by atoms with E-state index in [4.69, 9.17) is 14.7 Å². The first kappa shape index (κ1) is 16.0. The molecule has 2 N–H and O–H groups in total. The van der Waals surface area contributed by atoms with Gasteiger partial charge in [-0.25, -0.2) is 9.97 Å². The number of para-hydroxylation sites is 2. The highest BCUT2D eigenvalue weighted by Crippen LogP contribution is 2.28. The Morgan fingerprint density at radius 1 is 1.22 bits per heavy atom. The van der Waals surface area contributed by atoms with E-state index in [0.717, 1.165) is 29.9 Å². The van der Waals surface area contributed by atoms with Gasteiger partial charge in [0.05, 0.1) is 29.8 Å². The van der Waals surface area contributed by atoms with Crippen molar-refractivity contribution >= 4 is 22.7 Å². The number of rotatable bonds is 4. The van der Waals surface area contributed by atoms with Crippen molar-refractivity contribution in [2.75, 3.05) is 29.9 Å². The summed E-state index contributed by atoms with van der Waals surface area (Å²) in [4.78, 5) is 11.8. The monoisotopic (exact) mass is 316 g/mol. The maximum atomic E-state index is 9.35. The lowest BCUT2D eigenvalue weighted by molar-refractivity contribution is -0.00541. The molecule has 1 fully saturated rings. The molecule has 2 heterocycles. The van der Waals surface area contributed by atoms with Crippen LogP contribution in [0.25, 0.3) is 11.0 Å². The van der Waals surface area contributed by atoms with Crippen LogP contribution in [-0.2, 0) is 4.74 Å². The van der Waals surface area contributed by atoms with Crippen molar-refractivity contribution in [3.63, 3.8) is 0 Å². The van der Waals surface area contributed by atoms with E-state index in [2.05, 4.69) is 24.1 Å². The Balaban J connectivity index is 2.03. The molecule has 3 rings (SSSR count). The summed E-state index contributed by atoms with van der Waals surface area (Å²) in [7, 11) is 0. The molecule has 124 valence electrons. The highest BCUT2D eigenvalue weighted by molar-refractivity contribution is 5.80. The van der Waals surface area contributed by atoms with Crippen molar-refractivity contribution in [2.45, 2.75) is 39.0 Å². The minimum atomic E-state index is -0.0832. The first-order chi connectivity index (χ1) is 11.1. The van der Waals surface area contributed by atoms with Gasteiger partial charge < -0.3 is 20.1 Å². The van der Waals surface area contributed by atoms with Crippen LogP contribution < -0.4 is 10.2 Å². The first-order valence-electron chi connectivity index (χ1n) is 8.11. The molecule has 1 aromatic carbocycles. The lowest BCUT2D eigenvalue weighted by Crippen LogP contribution is -2.46. The van der Waals surface area contributed by atoms with E-state index in [1.807, 2.05) is 31.2 Å². The molecule has 0 saturated carbocycles. The average molecular weight is 316 g/mol. The number of nitrogens with zero attached hydrogens (tertiary/aromatic N) is 3. The topological polar surface area (TPSA) is 70.5 Å². The molecule has 0 aliphatic carbocycles. The molecule has 0 radical (unpaired) electrons. The molecule has 3 unspecified atom stereocenters. The molecular formula is C17H24N4O2. The Bertz CT molecular complexity index is 669. The molecule has 0 amide bonds. The minimum Gasteiger partial charge on any atom is -0.394 e. The molecule has 1 aliphatic heterocycles. The molecule has 1 aliphatic rings. The number of benzene rings is 1. The van der Waals surface area contributed by atoms with Crippen LogP contribution in [0.4, 0.5) is 11.6 Å². The van der Waals surface area contributed by atoms with E-state index in [1.54, 1.807) is 0 Å². The molecule has 23 heavy (non-hydrogen) atoms. The second kappa shape index (κ2) is 6.68. The van der Waals surface area contributed by atoms with E-state index < -0.39 is 0 Å². The number of aromatic nitrogens is 2. The van der Waals surface area contributed by atoms with Gasteiger partial charge in [0.1, 0.15) is 0 Å². The standard InChI is InChI=1S/C17H24N4O2/c1-11(10-22)18-16-17(21-8-12(2)23-13(3)9-21)20-15-7-5-4-6-14(15)19-16/h4-7,11-13,22H,8-10H2,1-3H3,(H,18,19). The Morgan fingerprint density at radius 3 is 2.43 bits per heavy atom. The first-order valence-corrected chi connectivity index (χ1v) is 8.11. The number of ether oxygens (including phenoxy) is 1. The van der Waals surface area contributed by atoms with Crippen molar-refractivity contribution < 1.29 is 9.84 Å². The number of hydrogen-bond acceptors (Lipinski definition) is 6. The Hall–Kier alpha value is -1.92. The predicted molar refractivity (Wildman–Crippen MR) is 91.9 cm³/mol. The van der Waals surface area contributed by atoms with Crippen LogP contribution in [0.1, 0.15) is 20.8 Å². The van der Waals surface area contributed by atoms with Gasteiger partial charge in [-0.3, -0.25) is 0 Å². The number of aliphatic hydroxyl groups excluding tert-OH is 1. The normalized spacial score (nSPS) is 23.0. The quantitative estimate of drug-likeness (QED) is 0.899. The smallest absolute Gasteiger partial charge is 0.172 e. The molecule has 0 spiro atoms. The lowest BCUT2D eigenvalue weighted by Gasteiger charge is -2.36. The molecular weight excluding hydrogens is 292 g/mol. The molecule has 6 nitrogen and oxygen atoms in total. The summed E-state index contributed by atoms with van der Waals surface area (Å²) in [5, 5.41) is 12.6. The van der Waals surface area contributed by atoms with Gasteiger partial charge in [-0.05, 0) is 32.9 Å². The molecule has 6 heteroatoms. The van der Waals surface area contributed by atoms with Gasteiger partial charge >= 0.3 is 0 Å². The van der Waals surface area contributed by atoms with Crippen LogP contribution >= 0.6 is 0 Å². The number of anilines is 2. The van der Waals surface area contributed by atoms with Crippen LogP contribution in [0.15, 0.2) is 24.3 Å². The summed E-state index contributed by atoms with van der Waals surface area (Å²) in [6.07, 6.45) is 0.297. The van der Waals surface area contributed by atoms with Crippen LogP contribution in [0.3, 0.4) is 0 Å². The van der Waals surface area contributed by atoms with Crippen molar-refractivity contribution in [3.05, 3.63) is 24.3 Å². The fraction of sp³-hybridized carbons (Fsp3) is 0.529. The van der Waals surface area contributed by atoms with Crippen LogP contribution in [-0.4, -0.2) is 53.0 Å². The van der Waals surface area contributed by atoms with E-state index in [9.17, 15) is 5.11 Å². The van der Waals surface area contributed by atoms with Crippen molar-refractivity contribution in [2.24, 2.45) is 0 Å². The largest absolute Gasteiger partial charge is 0.394 e. The Morgan fingerprint density at radius 2 is 1.83 bits per heavy atom. The van der Waals surface area contributed by atoms with Gasteiger partial charge in [0.2, 0.25) is 0 Å². The zero-order valence-electron chi connectivity index (χ0n) is 13.9. The second-order valence-corrected chi connectivity index (χ2v) is 6.27. The highest BCUT2D eigenvalue weighted by atomic mass is 16.5. The highest BCUT2D eigenvalue weighted by Gasteiger charge is 2.26. The fourth-order valence-corrected chi connectivity index (χ4v) is 2.94. The second-order valence-electron chi connectivity index (χ2n) is 6.27. The van der Waals surface area contributed by atoms with Crippen LogP contribution in [0, 0.1) is 0 Å². The Kier molecular flexibility index (Phi) is 4.63. The van der Waals surface area contributed by atoms with Gasteiger partial charge in [-0.15, -0.1) is 0 Å². The van der Waals surface area contributed by atoms with Gasteiger partial charge in [-0.2, -0.15) is 0 Å². The van der Waals surface area contributed by atoms with E-state index in [1.165, 1.54) is 0 Å². The number of morpholine rings is 1. The van der Waals surface area contributed by atoms with Gasteiger partial charge in [0.25, 0.3) is 0 Å². The summed E-state index contributed by atoms with van der Waals surface area (Å²) in [5.74, 6) is 1.54. The number of fused-ring (bicyclic) bond motifs is 1. The fourth-order valence-electron chi connectivity index (χ4n) is 2.94. The third-order valence-electron chi connectivity index (χ3n) is 3.93. The van der Waals surface area contributed by atoms with Gasteiger partial charge in [-0.1, -0.05) is 12.1 Å². The summed E-state index contributed by atoms with van der Waals surface area (Å²) < 4.78 is 5.82. The predicted octanol–water partition coefficient (Wildman–Crippen LogP) is 2.04. The maximum absolute atomic E-state index is 9.35. The zero-order chi connectivity index (χ0) is 16.4.